The number of thiocarbonyl (C=S) groups is 1. The van der Waals surface area contributed by atoms with Crippen molar-refractivity contribution in [1.82, 2.24) is 0 Å². The first-order chi connectivity index (χ1) is 10.5. The molecule has 0 heterocycles. The summed E-state index contributed by atoms with van der Waals surface area (Å²) in [6, 6.07) is 14.4. The van der Waals surface area contributed by atoms with Gasteiger partial charge >= 0.3 is 0 Å². The normalized spacial score (nSPS) is 8.55. The van der Waals surface area contributed by atoms with Gasteiger partial charge in [0, 0.05) is 14.6 Å². The number of rotatable bonds is 1. The van der Waals surface area contributed by atoms with Gasteiger partial charge in [-0.2, -0.15) is 15.5 Å². The SMILES string of the molecule is N#Cc1cc(Br)ccc1N.N#Cc1cc(Br)ccc1N=C=S. The van der Waals surface area contributed by atoms with Crippen LogP contribution < -0.4 is 5.73 Å². The molecule has 2 rings (SSSR count). The smallest absolute Gasteiger partial charge is 0.101 e. The van der Waals surface area contributed by atoms with Crippen LogP contribution in [-0.4, -0.2) is 5.16 Å². The van der Waals surface area contributed by atoms with Gasteiger partial charge in [-0.25, -0.2) is 0 Å². The minimum absolute atomic E-state index is 0.488. The van der Waals surface area contributed by atoms with Crippen LogP contribution >= 0.6 is 44.1 Å². The number of hydrogen-bond acceptors (Lipinski definition) is 5. The number of aliphatic imine (C=N–C) groups is 1. The molecule has 2 aromatic carbocycles. The lowest BCUT2D eigenvalue weighted by atomic mass is 10.2. The molecule has 0 amide bonds. The van der Waals surface area contributed by atoms with Crippen molar-refractivity contribution in [2.75, 3.05) is 5.73 Å². The van der Waals surface area contributed by atoms with Crippen molar-refractivity contribution in [3.05, 3.63) is 56.5 Å². The van der Waals surface area contributed by atoms with E-state index in [-0.39, 0.29) is 0 Å². The lowest BCUT2D eigenvalue weighted by molar-refractivity contribution is 1.44. The van der Waals surface area contributed by atoms with Crippen LogP contribution in [0.2, 0.25) is 0 Å². The first-order valence-corrected chi connectivity index (χ1v) is 7.74. The van der Waals surface area contributed by atoms with Crippen molar-refractivity contribution in [3.63, 3.8) is 0 Å². The standard InChI is InChI=1S/C8H3BrN2S.C7H5BrN2/c9-7-1-2-8(11-5-12)6(3-7)4-10;8-6-1-2-7(10)5(3-6)4-9/h1-3H;1-3H,10H2. The van der Waals surface area contributed by atoms with Crippen LogP contribution in [0, 0.1) is 22.7 Å². The molecule has 0 aliphatic heterocycles. The highest BCUT2D eigenvalue weighted by atomic mass is 79.9. The summed E-state index contributed by atoms with van der Waals surface area (Å²) in [4.78, 5) is 3.74. The fourth-order valence-electron chi connectivity index (χ4n) is 1.37. The number of isothiocyanates is 1. The highest BCUT2D eigenvalue weighted by Gasteiger charge is 1.99. The monoisotopic (exact) mass is 434 g/mol. The van der Waals surface area contributed by atoms with Gasteiger partial charge < -0.3 is 5.73 Å². The van der Waals surface area contributed by atoms with E-state index in [9.17, 15) is 0 Å². The molecule has 2 aromatic rings. The van der Waals surface area contributed by atoms with Crippen molar-refractivity contribution >= 4 is 60.6 Å². The lowest BCUT2D eigenvalue weighted by Gasteiger charge is -1.95. The van der Waals surface area contributed by atoms with Gasteiger partial charge in [-0.15, -0.1) is 0 Å². The largest absolute Gasteiger partial charge is 0.398 e. The summed E-state index contributed by atoms with van der Waals surface area (Å²) in [6.07, 6.45) is 0. The van der Waals surface area contributed by atoms with E-state index in [1.165, 1.54) is 0 Å². The number of nitriles is 2. The second-order valence-electron chi connectivity index (χ2n) is 3.82. The van der Waals surface area contributed by atoms with Gasteiger partial charge in [0.2, 0.25) is 0 Å². The molecule has 0 bridgehead atoms. The van der Waals surface area contributed by atoms with E-state index in [1.807, 2.05) is 12.1 Å². The molecule has 0 fully saturated rings. The van der Waals surface area contributed by atoms with Crippen LogP contribution in [0.5, 0.6) is 0 Å². The number of nitrogens with two attached hydrogens (primary N) is 1. The second kappa shape index (κ2) is 9.09. The Balaban J connectivity index is 0.000000224. The molecule has 0 aliphatic carbocycles. The third-order valence-electron chi connectivity index (χ3n) is 2.38. The molecule has 108 valence electrons. The molecular formula is C15H8Br2N4S. The Hall–Kier alpha value is -2.02. The van der Waals surface area contributed by atoms with E-state index in [0.29, 0.717) is 22.5 Å². The third kappa shape index (κ3) is 5.40. The minimum atomic E-state index is 0.488. The Labute approximate surface area is 150 Å². The number of anilines is 1. The minimum Gasteiger partial charge on any atom is -0.398 e. The molecule has 0 spiro atoms. The molecule has 22 heavy (non-hydrogen) atoms. The van der Waals surface area contributed by atoms with Gasteiger partial charge in [-0.05, 0) is 48.6 Å². The van der Waals surface area contributed by atoms with Crippen LogP contribution in [0.25, 0.3) is 0 Å². The Morgan fingerprint density at radius 2 is 1.50 bits per heavy atom. The average molecular weight is 436 g/mol. The molecule has 0 saturated carbocycles. The molecule has 0 unspecified atom stereocenters. The van der Waals surface area contributed by atoms with E-state index in [0.717, 1.165) is 8.95 Å². The molecule has 0 aliphatic rings. The van der Waals surface area contributed by atoms with Crippen molar-refractivity contribution in [1.29, 1.82) is 10.5 Å². The fraction of sp³-hybridized carbons (Fsp3) is 0. The molecule has 0 saturated heterocycles. The van der Waals surface area contributed by atoms with Crippen LogP contribution in [0.3, 0.4) is 0 Å². The topological polar surface area (TPSA) is 86.0 Å². The predicted molar refractivity (Wildman–Crippen MR) is 96.8 cm³/mol. The van der Waals surface area contributed by atoms with Crippen molar-refractivity contribution in [2.45, 2.75) is 0 Å². The fourth-order valence-corrected chi connectivity index (χ4v) is 2.19. The van der Waals surface area contributed by atoms with Crippen LogP contribution in [0.4, 0.5) is 11.4 Å². The predicted octanol–water partition coefficient (Wildman–Crippen LogP) is 4.96. The van der Waals surface area contributed by atoms with Gasteiger partial charge in [0.05, 0.1) is 22.0 Å². The summed E-state index contributed by atoms with van der Waals surface area (Å²) in [7, 11) is 0. The molecule has 7 heteroatoms. The number of benzene rings is 2. The summed E-state index contributed by atoms with van der Waals surface area (Å²) in [5, 5.41) is 19.4. The Bertz CT molecular complexity index is 815. The van der Waals surface area contributed by atoms with E-state index < -0.39 is 0 Å². The molecule has 4 nitrogen and oxygen atoms in total. The number of nitrogens with zero attached hydrogens (tertiary/aromatic N) is 3. The Kier molecular flexibility index (Phi) is 7.45. The molecule has 2 N–H and O–H groups in total. The van der Waals surface area contributed by atoms with E-state index in [2.05, 4.69) is 54.2 Å². The van der Waals surface area contributed by atoms with Crippen molar-refractivity contribution < 1.29 is 0 Å². The number of hydrogen-bond donors (Lipinski definition) is 1. The van der Waals surface area contributed by atoms with Crippen molar-refractivity contribution in [2.24, 2.45) is 4.99 Å². The first-order valence-electron chi connectivity index (χ1n) is 5.74. The average Bonchev–Trinajstić information content (AvgIpc) is 2.52. The maximum absolute atomic E-state index is 8.68. The first kappa shape index (κ1) is 18.0. The molecule has 0 aromatic heterocycles. The van der Waals surface area contributed by atoms with Gasteiger partial charge in [-0.1, -0.05) is 31.9 Å². The van der Waals surface area contributed by atoms with Gasteiger partial charge in [-0.3, -0.25) is 0 Å². The highest BCUT2D eigenvalue weighted by molar-refractivity contribution is 9.10. The molecule has 0 radical (unpaired) electrons. The second-order valence-corrected chi connectivity index (χ2v) is 5.83. The molecule has 0 atom stereocenters. The summed E-state index contributed by atoms with van der Waals surface area (Å²) < 4.78 is 1.72. The maximum atomic E-state index is 8.68. The summed E-state index contributed by atoms with van der Waals surface area (Å²) in [6.45, 7) is 0. The van der Waals surface area contributed by atoms with Gasteiger partial charge in [0.25, 0.3) is 0 Å². The maximum Gasteiger partial charge on any atom is 0.101 e. The zero-order valence-corrected chi connectivity index (χ0v) is 15.0. The van der Waals surface area contributed by atoms with Gasteiger partial charge in [0.1, 0.15) is 12.1 Å². The van der Waals surface area contributed by atoms with Crippen LogP contribution in [0.1, 0.15) is 11.1 Å². The quantitative estimate of drug-likeness (QED) is 0.389. The summed E-state index contributed by atoms with van der Waals surface area (Å²) in [5.41, 5.74) is 7.52. The van der Waals surface area contributed by atoms with Gasteiger partial charge in [0.15, 0.2) is 0 Å². The Morgan fingerprint density at radius 3 is 2.00 bits per heavy atom. The number of halogens is 2. The summed E-state index contributed by atoms with van der Waals surface area (Å²) >= 11 is 10.9. The summed E-state index contributed by atoms with van der Waals surface area (Å²) in [5.74, 6) is 0. The zero-order valence-electron chi connectivity index (χ0n) is 11.0. The lowest BCUT2D eigenvalue weighted by Crippen LogP contribution is -1.88. The van der Waals surface area contributed by atoms with Crippen LogP contribution in [0.15, 0.2) is 50.3 Å². The van der Waals surface area contributed by atoms with Crippen molar-refractivity contribution in [3.8, 4) is 12.1 Å². The Morgan fingerprint density at radius 1 is 0.955 bits per heavy atom. The van der Waals surface area contributed by atoms with E-state index in [1.54, 1.807) is 36.4 Å². The van der Waals surface area contributed by atoms with E-state index >= 15 is 0 Å². The molecular weight excluding hydrogens is 428 g/mol. The number of nitrogen functional groups attached to an aromatic ring is 1. The third-order valence-corrected chi connectivity index (χ3v) is 3.46. The highest BCUT2D eigenvalue weighted by Crippen LogP contribution is 2.22. The van der Waals surface area contributed by atoms with E-state index in [4.69, 9.17) is 16.3 Å². The van der Waals surface area contributed by atoms with Crippen LogP contribution in [-0.2, 0) is 0 Å². The zero-order chi connectivity index (χ0) is 16.5.